The molecule has 0 amide bonds. The number of halogens is 1. The normalized spacial score (nSPS) is 16.2. The Labute approximate surface area is 103 Å². The number of nitro benzene ring substituents is 1. The van der Waals surface area contributed by atoms with E-state index in [4.69, 9.17) is 0 Å². The lowest BCUT2D eigenvalue weighted by atomic mass is 10.1. The molecule has 1 fully saturated rings. The zero-order valence-electron chi connectivity index (χ0n) is 8.86. The van der Waals surface area contributed by atoms with Gasteiger partial charge in [0.05, 0.1) is 10.6 Å². The predicted octanol–water partition coefficient (Wildman–Crippen LogP) is 3.35. The summed E-state index contributed by atoms with van der Waals surface area (Å²) in [7, 11) is 0. The van der Waals surface area contributed by atoms with Crippen molar-refractivity contribution in [2.45, 2.75) is 19.3 Å². The number of rotatable bonds is 2. The molecule has 1 aliphatic heterocycles. The van der Waals surface area contributed by atoms with Crippen molar-refractivity contribution in [2.75, 3.05) is 18.0 Å². The summed E-state index contributed by atoms with van der Waals surface area (Å²) >= 11 is 3.40. The molecule has 1 heterocycles. The molecule has 5 heteroatoms. The maximum Gasteiger partial charge on any atom is 0.270 e. The van der Waals surface area contributed by atoms with Gasteiger partial charge in [0.25, 0.3) is 5.69 Å². The third-order valence-corrected chi connectivity index (χ3v) is 3.47. The Morgan fingerprint density at radius 3 is 2.50 bits per heavy atom. The molecule has 0 saturated carbocycles. The Morgan fingerprint density at radius 2 is 1.94 bits per heavy atom. The van der Waals surface area contributed by atoms with Crippen LogP contribution in [0, 0.1) is 10.1 Å². The van der Waals surface area contributed by atoms with Crippen LogP contribution in [0.25, 0.3) is 0 Å². The molecule has 0 aromatic heterocycles. The van der Waals surface area contributed by atoms with Gasteiger partial charge in [-0.25, -0.2) is 0 Å². The molecular weight excluding hydrogens is 272 g/mol. The molecule has 2 rings (SSSR count). The van der Waals surface area contributed by atoms with Crippen LogP contribution >= 0.6 is 15.9 Å². The lowest BCUT2D eigenvalue weighted by molar-refractivity contribution is -0.384. The third-order valence-electron chi connectivity index (χ3n) is 2.84. The van der Waals surface area contributed by atoms with E-state index >= 15 is 0 Å². The highest BCUT2D eigenvalue weighted by Crippen LogP contribution is 2.31. The van der Waals surface area contributed by atoms with Crippen LogP contribution < -0.4 is 4.90 Å². The lowest BCUT2D eigenvalue weighted by Gasteiger charge is -2.29. The Bertz CT molecular complexity index is 403. The van der Waals surface area contributed by atoms with E-state index in [9.17, 15) is 10.1 Å². The Morgan fingerprint density at radius 1 is 1.25 bits per heavy atom. The standard InChI is InChI=1S/C11H13BrN2O2/c12-10-8-9(14(15)16)4-5-11(10)13-6-2-1-3-7-13/h4-5,8H,1-3,6-7H2. The van der Waals surface area contributed by atoms with Gasteiger partial charge in [0.15, 0.2) is 0 Å². The number of hydrogen-bond donors (Lipinski definition) is 0. The number of nitro groups is 1. The monoisotopic (exact) mass is 284 g/mol. The first kappa shape index (κ1) is 11.4. The molecule has 0 bridgehead atoms. The van der Waals surface area contributed by atoms with E-state index in [-0.39, 0.29) is 10.6 Å². The highest BCUT2D eigenvalue weighted by atomic mass is 79.9. The highest BCUT2D eigenvalue weighted by molar-refractivity contribution is 9.10. The van der Waals surface area contributed by atoms with Crippen molar-refractivity contribution in [1.82, 2.24) is 0 Å². The summed E-state index contributed by atoms with van der Waals surface area (Å²) in [6.07, 6.45) is 3.67. The summed E-state index contributed by atoms with van der Waals surface area (Å²) in [6, 6.07) is 4.96. The van der Waals surface area contributed by atoms with Gasteiger partial charge in [0.2, 0.25) is 0 Å². The molecule has 0 N–H and O–H groups in total. The van der Waals surface area contributed by atoms with Crippen LogP contribution in [0.2, 0.25) is 0 Å². The van der Waals surface area contributed by atoms with Gasteiger partial charge in [0.1, 0.15) is 0 Å². The van der Waals surface area contributed by atoms with Crippen molar-refractivity contribution in [1.29, 1.82) is 0 Å². The average molecular weight is 285 g/mol. The zero-order valence-corrected chi connectivity index (χ0v) is 10.4. The van der Waals surface area contributed by atoms with Crippen molar-refractivity contribution in [3.05, 3.63) is 32.8 Å². The molecule has 0 unspecified atom stereocenters. The van der Waals surface area contributed by atoms with Crippen LogP contribution in [0.15, 0.2) is 22.7 Å². The van der Waals surface area contributed by atoms with E-state index in [1.54, 1.807) is 12.1 Å². The van der Waals surface area contributed by atoms with Crippen molar-refractivity contribution in [3.8, 4) is 0 Å². The van der Waals surface area contributed by atoms with Crippen LogP contribution in [0.5, 0.6) is 0 Å². The predicted molar refractivity (Wildman–Crippen MR) is 66.9 cm³/mol. The summed E-state index contributed by atoms with van der Waals surface area (Å²) in [6.45, 7) is 2.08. The van der Waals surface area contributed by atoms with E-state index < -0.39 is 0 Å². The Balaban J connectivity index is 2.24. The number of nitrogens with zero attached hydrogens (tertiary/aromatic N) is 2. The summed E-state index contributed by atoms with van der Waals surface area (Å²) in [5.41, 5.74) is 1.19. The second kappa shape index (κ2) is 4.82. The van der Waals surface area contributed by atoms with Gasteiger partial charge in [-0.15, -0.1) is 0 Å². The molecule has 1 saturated heterocycles. The van der Waals surface area contributed by atoms with Crippen LogP contribution in [0.4, 0.5) is 11.4 Å². The van der Waals surface area contributed by atoms with Crippen LogP contribution in [-0.2, 0) is 0 Å². The van der Waals surface area contributed by atoms with Crippen molar-refractivity contribution in [3.63, 3.8) is 0 Å². The Hall–Kier alpha value is -1.10. The molecule has 4 nitrogen and oxygen atoms in total. The maximum absolute atomic E-state index is 10.6. The largest absolute Gasteiger partial charge is 0.371 e. The molecule has 16 heavy (non-hydrogen) atoms. The fraction of sp³-hybridized carbons (Fsp3) is 0.455. The molecule has 0 radical (unpaired) electrons. The van der Waals surface area contributed by atoms with E-state index in [1.165, 1.54) is 19.3 Å². The smallest absolute Gasteiger partial charge is 0.270 e. The first-order valence-corrected chi connectivity index (χ1v) is 6.16. The molecule has 1 aromatic carbocycles. The lowest BCUT2D eigenvalue weighted by Crippen LogP contribution is -2.29. The van der Waals surface area contributed by atoms with E-state index in [0.29, 0.717) is 0 Å². The van der Waals surface area contributed by atoms with Gasteiger partial charge in [-0.05, 0) is 41.3 Å². The first-order valence-electron chi connectivity index (χ1n) is 5.37. The fourth-order valence-electron chi connectivity index (χ4n) is 2.00. The topological polar surface area (TPSA) is 46.4 Å². The second-order valence-corrected chi connectivity index (χ2v) is 4.79. The van der Waals surface area contributed by atoms with Gasteiger partial charge >= 0.3 is 0 Å². The fourth-order valence-corrected chi connectivity index (χ4v) is 2.62. The molecule has 86 valence electrons. The van der Waals surface area contributed by atoms with Crippen molar-refractivity contribution < 1.29 is 4.92 Å². The molecule has 0 atom stereocenters. The average Bonchev–Trinajstić information content (AvgIpc) is 2.30. The summed E-state index contributed by atoms with van der Waals surface area (Å²) < 4.78 is 0.809. The zero-order chi connectivity index (χ0) is 11.5. The van der Waals surface area contributed by atoms with Gasteiger partial charge in [-0.3, -0.25) is 10.1 Å². The molecule has 1 aliphatic rings. The minimum atomic E-state index is -0.370. The van der Waals surface area contributed by atoms with E-state index in [0.717, 1.165) is 23.2 Å². The quantitative estimate of drug-likeness (QED) is 0.618. The number of non-ortho nitro benzene ring substituents is 1. The van der Waals surface area contributed by atoms with Crippen molar-refractivity contribution in [2.24, 2.45) is 0 Å². The summed E-state index contributed by atoms with van der Waals surface area (Å²) in [4.78, 5) is 12.5. The minimum absolute atomic E-state index is 0.132. The minimum Gasteiger partial charge on any atom is -0.371 e. The third kappa shape index (κ3) is 2.35. The number of piperidine rings is 1. The molecule has 0 aliphatic carbocycles. The summed E-state index contributed by atoms with van der Waals surface area (Å²) in [5, 5.41) is 10.6. The van der Waals surface area contributed by atoms with Crippen molar-refractivity contribution >= 4 is 27.3 Å². The molecule has 0 spiro atoms. The number of benzene rings is 1. The summed E-state index contributed by atoms with van der Waals surface area (Å²) in [5.74, 6) is 0. The Kier molecular flexibility index (Phi) is 3.43. The van der Waals surface area contributed by atoms with Gasteiger partial charge in [0, 0.05) is 29.7 Å². The molecule has 1 aromatic rings. The van der Waals surface area contributed by atoms with Gasteiger partial charge in [-0.2, -0.15) is 0 Å². The van der Waals surface area contributed by atoms with E-state index in [2.05, 4.69) is 20.8 Å². The van der Waals surface area contributed by atoms with Crippen LogP contribution in [0.1, 0.15) is 19.3 Å². The second-order valence-electron chi connectivity index (χ2n) is 3.94. The SMILES string of the molecule is O=[N+]([O-])c1ccc(N2CCCCC2)c(Br)c1. The maximum atomic E-state index is 10.6. The first-order chi connectivity index (χ1) is 7.68. The van der Waals surface area contributed by atoms with Crippen LogP contribution in [-0.4, -0.2) is 18.0 Å². The van der Waals surface area contributed by atoms with Crippen LogP contribution in [0.3, 0.4) is 0 Å². The van der Waals surface area contributed by atoms with Gasteiger partial charge in [-0.1, -0.05) is 0 Å². The molecular formula is C11H13BrN2O2. The van der Waals surface area contributed by atoms with Gasteiger partial charge < -0.3 is 4.90 Å². The van der Waals surface area contributed by atoms with E-state index in [1.807, 2.05) is 6.07 Å². The number of anilines is 1. The highest BCUT2D eigenvalue weighted by Gasteiger charge is 2.16. The number of hydrogen-bond acceptors (Lipinski definition) is 3.